The van der Waals surface area contributed by atoms with Crippen LogP contribution in [0.3, 0.4) is 0 Å². The number of rotatable bonds is 6. The van der Waals surface area contributed by atoms with Gasteiger partial charge in [-0.05, 0) is 31.8 Å². The smallest absolute Gasteiger partial charge is 0.0385 e. The average molecular weight is 245 g/mol. The van der Waals surface area contributed by atoms with Crippen molar-refractivity contribution in [3.8, 4) is 0 Å². The molecule has 0 aromatic carbocycles. The van der Waals surface area contributed by atoms with Crippen LogP contribution in [-0.4, -0.2) is 40.8 Å². The van der Waals surface area contributed by atoms with Crippen molar-refractivity contribution >= 4 is 22.1 Å². The quantitative estimate of drug-likeness (QED) is 0.764. The summed E-state index contributed by atoms with van der Waals surface area (Å²) in [5.41, 5.74) is 0. The highest BCUT2D eigenvalue weighted by molar-refractivity contribution is 7.84. The third kappa shape index (κ3) is 4.91. The van der Waals surface area contributed by atoms with E-state index in [1.165, 1.54) is 4.88 Å². The lowest BCUT2D eigenvalue weighted by molar-refractivity contribution is 0.281. The first kappa shape index (κ1) is 12.9. The molecule has 0 spiro atoms. The number of nitrogens with zero attached hydrogens (tertiary/aromatic N) is 1. The number of likely N-dealkylation sites (N-methyl/N-ethyl adjacent to an activating group) is 1. The van der Waals surface area contributed by atoms with Crippen molar-refractivity contribution in [2.75, 3.05) is 25.6 Å². The number of thiophene rings is 1. The van der Waals surface area contributed by atoms with Gasteiger partial charge in [-0.25, -0.2) is 0 Å². The molecule has 1 aromatic rings. The largest absolute Gasteiger partial charge is 0.302 e. The Bertz CT molecular complexity index is 298. The molecule has 4 heteroatoms. The minimum atomic E-state index is -0.696. The van der Waals surface area contributed by atoms with Gasteiger partial charge in [0.15, 0.2) is 0 Å². The highest BCUT2D eigenvalue weighted by Gasteiger charge is 2.10. The Morgan fingerprint density at radius 3 is 2.87 bits per heavy atom. The predicted molar refractivity (Wildman–Crippen MR) is 69.0 cm³/mol. The molecule has 0 aliphatic rings. The zero-order valence-electron chi connectivity index (χ0n) is 9.60. The third-order valence-corrected chi connectivity index (χ3v) is 4.41. The van der Waals surface area contributed by atoms with E-state index >= 15 is 0 Å². The summed E-state index contributed by atoms with van der Waals surface area (Å²) >= 11 is 1.80. The van der Waals surface area contributed by atoms with Crippen LogP contribution in [0.25, 0.3) is 0 Å². The van der Waals surface area contributed by atoms with E-state index in [1.54, 1.807) is 17.6 Å². The van der Waals surface area contributed by atoms with Crippen molar-refractivity contribution in [2.24, 2.45) is 0 Å². The Labute approximate surface area is 98.8 Å². The third-order valence-electron chi connectivity index (χ3n) is 2.52. The van der Waals surface area contributed by atoms with Crippen molar-refractivity contribution in [2.45, 2.75) is 19.4 Å². The van der Waals surface area contributed by atoms with Crippen molar-refractivity contribution in [1.82, 2.24) is 4.90 Å². The summed E-state index contributed by atoms with van der Waals surface area (Å²) in [5.74, 6) is 0.765. The van der Waals surface area contributed by atoms with E-state index in [0.717, 1.165) is 18.7 Å². The van der Waals surface area contributed by atoms with E-state index in [-0.39, 0.29) is 0 Å². The number of hydrogen-bond donors (Lipinski definition) is 0. The average Bonchev–Trinajstić information content (AvgIpc) is 2.65. The molecule has 0 aliphatic heterocycles. The minimum Gasteiger partial charge on any atom is -0.302 e. The molecule has 0 fully saturated rings. The second-order valence-corrected chi connectivity index (χ2v) is 6.41. The molecule has 1 heterocycles. The molecule has 15 heavy (non-hydrogen) atoms. The van der Waals surface area contributed by atoms with E-state index in [1.807, 2.05) is 0 Å². The molecule has 1 aromatic heterocycles. The van der Waals surface area contributed by atoms with Crippen LogP contribution in [0.15, 0.2) is 17.5 Å². The van der Waals surface area contributed by atoms with Crippen LogP contribution < -0.4 is 0 Å². The molecule has 0 aliphatic carbocycles. The lowest BCUT2D eigenvalue weighted by Crippen LogP contribution is -2.34. The van der Waals surface area contributed by atoms with Crippen LogP contribution in [0.2, 0.25) is 0 Å². The molecule has 2 atom stereocenters. The zero-order valence-corrected chi connectivity index (χ0v) is 11.2. The molecular weight excluding hydrogens is 226 g/mol. The van der Waals surface area contributed by atoms with Crippen LogP contribution in [-0.2, 0) is 17.2 Å². The van der Waals surface area contributed by atoms with Crippen LogP contribution >= 0.6 is 11.3 Å². The lowest BCUT2D eigenvalue weighted by Gasteiger charge is -2.23. The van der Waals surface area contributed by atoms with Crippen LogP contribution in [0.4, 0.5) is 0 Å². The summed E-state index contributed by atoms with van der Waals surface area (Å²) < 4.78 is 11.1. The first-order valence-electron chi connectivity index (χ1n) is 5.12. The Balaban J connectivity index is 2.29. The molecule has 1 rings (SSSR count). The maximum atomic E-state index is 11.1. The first-order chi connectivity index (χ1) is 7.09. The van der Waals surface area contributed by atoms with Gasteiger partial charge in [0.25, 0.3) is 0 Å². The van der Waals surface area contributed by atoms with E-state index < -0.39 is 10.8 Å². The van der Waals surface area contributed by atoms with Gasteiger partial charge in [-0.1, -0.05) is 6.07 Å². The second kappa shape index (κ2) is 6.40. The Morgan fingerprint density at radius 1 is 1.60 bits per heavy atom. The van der Waals surface area contributed by atoms with E-state index in [4.69, 9.17) is 0 Å². The topological polar surface area (TPSA) is 20.3 Å². The van der Waals surface area contributed by atoms with Gasteiger partial charge < -0.3 is 4.90 Å². The molecule has 0 amide bonds. The maximum Gasteiger partial charge on any atom is 0.0385 e. The van der Waals surface area contributed by atoms with Gasteiger partial charge in [-0.3, -0.25) is 4.21 Å². The molecule has 0 bridgehead atoms. The zero-order chi connectivity index (χ0) is 11.3. The fraction of sp³-hybridized carbons (Fsp3) is 0.636. The Hall–Kier alpha value is -0.190. The second-order valence-electron chi connectivity index (χ2n) is 3.90. The molecule has 0 radical (unpaired) electrons. The Kier molecular flexibility index (Phi) is 5.50. The van der Waals surface area contributed by atoms with Gasteiger partial charge in [-0.2, -0.15) is 0 Å². The van der Waals surface area contributed by atoms with Crippen molar-refractivity contribution in [3.63, 3.8) is 0 Å². The molecular formula is C11H19NOS2. The van der Waals surface area contributed by atoms with Crippen LogP contribution in [0.5, 0.6) is 0 Å². The maximum absolute atomic E-state index is 11.1. The van der Waals surface area contributed by atoms with E-state index in [9.17, 15) is 4.21 Å². The molecule has 0 N–H and O–H groups in total. The molecule has 2 nitrogen and oxygen atoms in total. The van der Waals surface area contributed by atoms with Crippen LogP contribution in [0.1, 0.15) is 11.8 Å². The highest BCUT2D eigenvalue weighted by atomic mass is 32.2. The van der Waals surface area contributed by atoms with Crippen LogP contribution in [0, 0.1) is 0 Å². The molecule has 0 saturated carbocycles. The van der Waals surface area contributed by atoms with Gasteiger partial charge in [0, 0.05) is 40.3 Å². The fourth-order valence-electron chi connectivity index (χ4n) is 1.43. The summed E-state index contributed by atoms with van der Waals surface area (Å²) in [7, 11) is 1.41. The van der Waals surface area contributed by atoms with Gasteiger partial charge in [0.05, 0.1) is 0 Å². The molecule has 86 valence electrons. The normalized spacial score (nSPS) is 15.5. The van der Waals surface area contributed by atoms with Gasteiger partial charge in [0.2, 0.25) is 0 Å². The summed E-state index contributed by atoms with van der Waals surface area (Å²) in [5, 5.41) is 2.11. The summed E-state index contributed by atoms with van der Waals surface area (Å²) in [4.78, 5) is 3.70. The van der Waals surface area contributed by atoms with E-state index in [2.05, 4.69) is 36.4 Å². The summed E-state index contributed by atoms with van der Waals surface area (Å²) in [6, 6.07) is 4.65. The van der Waals surface area contributed by atoms with Crippen molar-refractivity contribution < 1.29 is 4.21 Å². The minimum absolute atomic E-state index is 0.399. The highest BCUT2D eigenvalue weighted by Crippen LogP contribution is 2.10. The summed E-state index contributed by atoms with van der Waals surface area (Å²) in [6.07, 6.45) is 2.86. The van der Waals surface area contributed by atoms with Gasteiger partial charge in [0.1, 0.15) is 0 Å². The lowest BCUT2D eigenvalue weighted by atomic mass is 10.3. The van der Waals surface area contributed by atoms with Gasteiger partial charge >= 0.3 is 0 Å². The van der Waals surface area contributed by atoms with Gasteiger partial charge in [-0.15, -0.1) is 11.3 Å². The fourth-order valence-corrected chi connectivity index (χ4v) is 3.06. The Morgan fingerprint density at radius 2 is 2.33 bits per heavy atom. The summed E-state index contributed by atoms with van der Waals surface area (Å²) in [6.45, 7) is 3.18. The standard InChI is InChI=1S/C11H19NOS2/c1-10(9-15(3)13)12(2)7-6-11-5-4-8-14-11/h4-5,8,10H,6-7,9H2,1-3H3/t10-,15+/m1/s1. The number of hydrogen-bond acceptors (Lipinski definition) is 3. The predicted octanol–water partition coefficient (Wildman–Crippen LogP) is 1.99. The van der Waals surface area contributed by atoms with Crippen molar-refractivity contribution in [3.05, 3.63) is 22.4 Å². The van der Waals surface area contributed by atoms with E-state index in [0.29, 0.717) is 6.04 Å². The molecule has 0 unspecified atom stereocenters. The molecule has 0 saturated heterocycles. The van der Waals surface area contributed by atoms with Crippen molar-refractivity contribution in [1.29, 1.82) is 0 Å². The first-order valence-corrected chi connectivity index (χ1v) is 7.73. The monoisotopic (exact) mass is 245 g/mol. The SMILES string of the molecule is C[C@H](C[S@](C)=O)N(C)CCc1cccs1.